The fourth-order valence-corrected chi connectivity index (χ4v) is 6.39. The summed E-state index contributed by atoms with van der Waals surface area (Å²) in [7, 11) is 0. The number of aryl methyl sites for hydroxylation is 1. The highest BCUT2D eigenvalue weighted by Gasteiger charge is 2.31. The zero-order valence-corrected chi connectivity index (χ0v) is 19.6. The zero-order valence-electron chi connectivity index (χ0n) is 18.1. The highest BCUT2D eigenvalue weighted by molar-refractivity contribution is 7.19. The summed E-state index contributed by atoms with van der Waals surface area (Å²) in [6.07, 6.45) is 3.99. The predicted octanol–water partition coefficient (Wildman–Crippen LogP) is 2.80. The highest BCUT2D eigenvalue weighted by Crippen LogP contribution is 2.44. The number of nitrogens with one attached hydrogen (secondary N) is 2. The van der Waals surface area contributed by atoms with Crippen LogP contribution in [-0.2, 0) is 22.6 Å². The van der Waals surface area contributed by atoms with Gasteiger partial charge in [0.15, 0.2) is 0 Å². The maximum absolute atomic E-state index is 12.3. The van der Waals surface area contributed by atoms with Crippen molar-refractivity contribution in [3.63, 3.8) is 0 Å². The number of hydrogen-bond acceptors (Lipinski definition) is 7. The van der Waals surface area contributed by atoms with Gasteiger partial charge in [-0.3, -0.25) is 24.8 Å². The minimum Gasteiger partial charge on any atom is -0.365 e. The lowest BCUT2D eigenvalue weighted by molar-refractivity contribution is -0.147. The van der Waals surface area contributed by atoms with Crippen LogP contribution in [0.3, 0.4) is 0 Å². The molecule has 7 nitrogen and oxygen atoms in total. The number of nitrogens with zero attached hydrogens (tertiary/aromatic N) is 3. The van der Waals surface area contributed by atoms with Crippen LogP contribution in [0.15, 0.2) is 30.5 Å². The predicted molar refractivity (Wildman–Crippen MR) is 131 cm³/mol. The summed E-state index contributed by atoms with van der Waals surface area (Å²) in [5.74, 6) is -0.379. The van der Waals surface area contributed by atoms with E-state index in [2.05, 4.69) is 38.7 Å². The minimum absolute atomic E-state index is 0.189. The topological polar surface area (TPSA) is 77.6 Å². The molecule has 2 saturated heterocycles. The Morgan fingerprint density at radius 3 is 2.67 bits per heavy atom. The van der Waals surface area contributed by atoms with Crippen LogP contribution < -0.4 is 15.5 Å². The van der Waals surface area contributed by atoms with E-state index in [0.717, 1.165) is 63.7 Å². The monoisotopic (exact) mass is 481 g/mol. The van der Waals surface area contributed by atoms with E-state index in [-0.39, 0.29) is 31.4 Å². The standard InChI is InChI=1S/C24H24ClN5O2S/c25-15-6-14-2-1-5-29(16-9-26-10-16)23(14)19(7-15)18-3-4-28-20-8-17(33-24(18)20)13-30-21(31)11-27-12-22(30)32/h3-4,6-8,16,26-27H,1-2,5,9-13H2. The lowest BCUT2D eigenvalue weighted by atomic mass is 9.92. The van der Waals surface area contributed by atoms with E-state index in [1.54, 1.807) is 11.3 Å². The van der Waals surface area contributed by atoms with Gasteiger partial charge in [-0.2, -0.15) is 0 Å². The highest BCUT2D eigenvalue weighted by atomic mass is 35.5. The van der Waals surface area contributed by atoms with Crippen molar-refractivity contribution in [2.75, 3.05) is 37.6 Å². The molecule has 0 bridgehead atoms. The normalized spacial score (nSPS) is 19.2. The van der Waals surface area contributed by atoms with E-state index >= 15 is 0 Å². The van der Waals surface area contributed by atoms with E-state index in [4.69, 9.17) is 11.6 Å². The molecule has 6 rings (SSSR count). The van der Waals surface area contributed by atoms with Gasteiger partial charge in [-0.05, 0) is 42.7 Å². The summed E-state index contributed by atoms with van der Waals surface area (Å²) in [5.41, 5.74) is 5.71. The zero-order chi connectivity index (χ0) is 22.5. The number of halogens is 1. The van der Waals surface area contributed by atoms with Crippen LogP contribution in [0.5, 0.6) is 0 Å². The summed E-state index contributed by atoms with van der Waals surface area (Å²) in [4.78, 5) is 33.9. The largest absolute Gasteiger partial charge is 0.365 e. The maximum Gasteiger partial charge on any atom is 0.243 e. The summed E-state index contributed by atoms with van der Waals surface area (Å²) in [5, 5.41) is 6.99. The number of thiophene rings is 1. The van der Waals surface area contributed by atoms with Crippen molar-refractivity contribution in [3.8, 4) is 11.1 Å². The van der Waals surface area contributed by atoms with Gasteiger partial charge in [-0.15, -0.1) is 11.3 Å². The lowest BCUT2D eigenvalue weighted by Crippen LogP contribution is -2.58. The van der Waals surface area contributed by atoms with Gasteiger partial charge in [-0.1, -0.05) is 11.6 Å². The van der Waals surface area contributed by atoms with Crippen molar-refractivity contribution in [1.29, 1.82) is 0 Å². The summed E-state index contributed by atoms with van der Waals surface area (Å²) < 4.78 is 1.06. The minimum atomic E-state index is -0.189. The first-order valence-corrected chi connectivity index (χ1v) is 12.5. The van der Waals surface area contributed by atoms with Gasteiger partial charge in [0.05, 0.1) is 35.9 Å². The first kappa shape index (κ1) is 21.0. The van der Waals surface area contributed by atoms with Crippen molar-refractivity contribution in [2.24, 2.45) is 0 Å². The van der Waals surface area contributed by atoms with Crippen LogP contribution in [0.2, 0.25) is 5.02 Å². The van der Waals surface area contributed by atoms with Gasteiger partial charge in [0.25, 0.3) is 0 Å². The summed E-state index contributed by atoms with van der Waals surface area (Å²) >= 11 is 8.19. The molecule has 0 unspecified atom stereocenters. The van der Waals surface area contributed by atoms with Crippen LogP contribution in [-0.4, -0.2) is 60.5 Å². The van der Waals surface area contributed by atoms with Crippen LogP contribution in [0, 0.1) is 0 Å². The Hall–Kier alpha value is -2.52. The van der Waals surface area contributed by atoms with Gasteiger partial charge >= 0.3 is 0 Å². The quantitative estimate of drug-likeness (QED) is 0.558. The fraction of sp³-hybridized carbons (Fsp3) is 0.375. The third kappa shape index (κ3) is 3.71. The third-order valence-corrected chi connectivity index (χ3v) is 8.07. The molecule has 9 heteroatoms. The van der Waals surface area contributed by atoms with E-state index in [0.29, 0.717) is 6.04 Å². The molecule has 33 heavy (non-hydrogen) atoms. The number of fused-ring (bicyclic) bond motifs is 2. The molecule has 0 spiro atoms. The number of hydrogen-bond donors (Lipinski definition) is 2. The molecule has 5 heterocycles. The maximum atomic E-state index is 12.3. The molecule has 2 amide bonds. The molecule has 2 N–H and O–H groups in total. The molecule has 3 aliphatic rings. The Balaban J connectivity index is 1.44. The number of carbonyl (C=O) groups excluding carboxylic acids is 2. The van der Waals surface area contributed by atoms with Crippen LogP contribution in [0.25, 0.3) is 21.3 Å². The Morgan fingerprint density at radius 2 is 1.91 bits per heavy atom. The van der Waals surface area contributed by atoms with Crippen molar-refractivity contribution >= 4 is 50.7 Å². The number of imide groups is 1. The van der Waals surface area contributed by atoms with Gasteiger partial charge in [-0.25, -0.2) is 0 Å². The van der Waals surface area contributed by atoms with Gasteiger partial charge in [0.2, 0.25) is 11.8 Å². The van der Waals surface area contributed by atoms with Crippen molar-refractivity contribution in [1.82, 2.24) is 20.5 Å². The Bertz CT molecular complexity index is 1260. The van der Waals surface area contributed by atoms with E-state index in [1.807, 2.05) is 12.3 Å². The van der Waals surface area contributed by atoms with Crippen LogP contribution >= 0.6 is 22.9 Å². The number of aromatic nitrogens is 1. The number of benzene rings is 1. The molecular weight excluding hydrogens is 458 g/mol. The Labute approximate surface area is 200 Å². The summed E-state index contributed by atoms with van der Waals surface area (Å²) in [6, 6.07) is 8.74. The molecule has 2 aromatic heterocycles. The molecule has 3 aliphatic heterocycles. The van der Waals surface area contributed by atoms with E-state index in [1.165, 1.54) is 16.2 Å². The molecular formula is C24H24ClN5O2S. The first-order chi connectivity index (χ1) is 16.1. The van der Waals surface area contributed by atoms with Crippen molar-refractivity contribution in [3.05, 3.63) is 45.9 Å². The second-order valence-corrected chi connectivity index (χ2v) is 10.4. The molecule has 0 aliphatic carbocycles. The van der Waals surface area contributed by atoms with Crippen LogP contribution in [0.4, 0.5) is 5.69 Å². The van der Waals surface area contributed by atoms with E-state index in [9.17, 15) is 9.59 Å². The summed E-state index contributed by atoms with van der Waals surface area (Å²) in [6.45, 7) is 3.73. The molecule has 2 fully saturated rings. The average Bonchev–Trinajstić information content (AvgIpc) is 3.17. The molecule has 1 aromatic carbocycles. The third-order valence-electron chi connectivity index (χ3n) is 6.71. The van der Waals surface area contributed by atoms with Gasteiger partial charge < -0.3 is 10.2 Å². The number of carbonyl (C=O) groups is 2. The fourth-order valence-electron chi connectivity index (χ4n) is 5.02. The average molecular weight is 482 g/mol. The molecule has 0 radical (unpaired) electrons. The smallest absolute Gasteiger partial charge is 0.243 e. The molecule has 170 valence electrons. The lowest BCUT2D eigenvalue weighted by Gasteiger charge is -2.44. The second-order valence-electron chi connectivity index (χ2n) is 8.83. The number of pyridine rings is 1. The van der Waals surface area contributed by atoms with Crippen molar-refractivity contribution < 1.29 is 9.59 Å². The number of piperazine rings is 1. The van der Waals surface area contributed by atoms with Gasteiger partial charge in [0.1, 0.15) is 0 Å². The Morgan fingerprint density at radius 1 is 1.09 bits per heavy atom. The molecule has 0 atom stereocenters. The molecule has 0 saturated carbocycles. The number of rotatable bonds is 4. The second kappa shape index (κ2) is 8.36. The first-order valence-electron chi connectivity index (χ1n) is 11.3. The van der Waals surface area contributed by atoms with Crippen LogP contribution in [0.1, 0.15) is 16.9 Å². The number of anilines is 1. The van der Waals surface area contributed by atoms with Gasteiger partial charge in [0, 0.05) is 52.5 Å². The Kier molecular flexibility index (Phi) is 5.33. The SMILES string of the molecule is O=C1CNCC(=O)N1Cc1cc2nccc(-c3cc(Cl)cc4c3N(C3CNC3)CCC4)c2s1. The van der Waals surface area contributed by atoms with E-state index < -0.39 is 0 Å². The number of amides is 2. The molecule has 3 aromatic rings. The van der Waals surface area contributed by atoms with Crippen molar-refractivity contribution in [2.45, 2.75) is 25.4 Å².